The van der Waals surface area contributed by atoms with Gasteiger partial charge in [-0.15, -0.1) is 0 Å². The van der Waals surface area contributed by atoms with Crippen molar-refractivity contribution in [1.29, 1.82) is 0 Å². The molecule has 0 saturated carbocycles. The number of rotatable bonds is 7. The summed E-state index contributed by atoms with van der Waals surface area (Å²) in [7, 11) is 0. The molecule has 0 aromatic heterocycles. The lowest BCUT2D eigenvalue weighted by molar-refractivity contribution is -0.135. The van der Waals surface area contributed by atoms with Crippen LogP contribution in [0.3, 0.4) is 0 Å². The van der Waals surface area contributed by atoms with Crippen molar-refractivity contribution in [3.8, 4) is 5.75 Å². The molecular weight excluding hydrogens is 424 g/mol. The van der Waals surface area contributed by atoms with Gasteiger partial charge in [0.1, 0.15) is 17.9 Å². The van der Waals surface area contributed by atoms with Gasteiger partial charge >= 0.3 is 0 Å². The molecule has 176 valence electrons. The van der Waals surface area contributed by atoms with Crippen LogP contribution in [0.2, 0.25) is 0 Å². The van der Waals surface area contributed by atoms with Crippen LogP contribution in [-0.4, -0.2) is 41.9 Å². The van der Waals surface area contributed by atoms with E-state index in [0.29, 0.717) is 25.1 Å². The number of hydrogen-bond acceptors (Lipinski definition) is 3. The average molecular weight is 457 g/mol. The Morgan fingerprint density at radius 3 is 2.09 bits per heavy atom. The first kappa shape index (κ1) is 23.6. The number of carbonyl (C=O) groups is 2. The molecule has 3 aromatic carbocycles. The Morgan fingerprint density at radius 1 is 0.882 bits per heavy atom. The van der Waals surface area contributed by atoms with Crippen molar-refractivity contribution in [2.24, 2.45) is 0 Å². The number of para-hydroxylation sites is 1. The minimum Gasteiger partial charge on any atom is -0.490 e. The van der Waals surface area contributed by atoms with E-state index in [1.54, 1.807) is 12.1 Å². The summed E-state index contributed by atoms with van der Waals surface area (Å²) in [6.45, 7) is 5.34. The minimum absolute atomic E-state index is 0.0429. The van der Waals surface area contributed by atoms with Crippen molar-refractivity contribution in [3.63, 3.8) is 0 Å². The number of carbonyl (C=O) groups excluding carboxylic acids is 2. The summed E-state index contributed by atoms with van der Waals surface area (Å²) in [5, 5.41) is 2.98. The van der Waals surface area contributed by atoms with Crippen molar-refractivity contribution in [1.82, 2.24) is 10.2 Å². The Morgan fingerprint density at radius 2 is 1.47 bits per heavy atom. The summed E-state index contributed by atoms with van der Waals surface area (Å²) in [6, 6.07) is 24.4. The highest BCUT2D eigenvalue weighted by Crippen LogP contribution is 2.26. The molecule has 4 rings (SSSR count). The first-order valence-corrected chi connectivity index (χ1v) is 11.9. The van der Waals surface area contributed by atoms with E-state index in [0.717, 1.165) is 35.3 Å². The van der Waals surface area contributed by atoms with Crippen LogP contribution in [0.1, 0.15) is 39.9 Å². The Balaban J connectivity index is 1.42. The highest BCUT2D eigenvalue weighted by atomic mass is 16.5. The van der Waals surface area contributed by atoms with Crippen molar-refractivity contribution in [3.05, 3.63) is 101 Å². The molecule has 5 heteroatoms. The van der Waals surface area contributed by atoms with Gasteiger partial charge in [0.05, 0.1) is 0 Å². The van der Waals surface area contributed by atoms with Gasteiger partial charge in [0, 0.05) is 37.9 Å². The standard InChI is InChI=1S/C29H32N2O3/c1-21-10-9-11-22(2)27(21)34-25-16-18-31(19-17-25)29(33)26(20-23-12-5-3-6-13-23)30-28(32)24-14-7-4-8-15-24/h3-15,25-26H,16-20H2,1-2H3,(H,30,32). The van der Waals surface area contributed by atoms with E-state index in [-0.39, 0.29) is 17.9 Å². The van der Waals surface area contributed by atoms with Crippen LogP contribution in [0.15, 0.2) is 78.9 Å². The first-order chi connectivity index (χ1) is 16.5. The van der Waals surface area contributed by atoms with Gasteiger partial charge in [-0.05, 0) is 42.7 Å². The van der Waals surface area contributed by atoms with E-state index in [4.69, 9.17) is 4.74 Å². The molecule has 1 aliphatic rings. The van der Waals surface area contributed by atoms with Gasteiger partial charge in [-0.25, -0.2) is 0 Å². The predicted octanol–water partition coefficient (Wildman–Crippen LogP) is 4.71. The minimum atomic E-state index is -0.619. The summed E-state index contributed by atoms with van der Waals surface area (Å²) >= 11 is 0. The monoisotopic (exact) mass is 456 g/mol. The molecule has 1 heterocycles. The van der Waals surface area contributed by atoms with E-state index >= 15 is 0 Å². The van der Waals surface area contributed by atoms with E-state index < -0.39 is 6.04 Å². The molecule has 0 radical (unpaired) electrons. The van der Waals surface area contributed by atoms with Crippen LogP contribution in [0.4, 0.5) is 0 Å². The van der Waals surface area contributed by atoms with Gasteiger partial charge in [0.2, 0.25) is 5.91 Å². The van der Waals surface area contributed by atoms with E-state index in [9.17, 15) is 9.59 Å². The molecule has 1 atom stereocenters. The Bertz CT molecular complexity index is 1090. The molecule has 34 heavy (non-hydrogen) atoms. The number of ether oxygens (including phenoxy) is 1. The van der Waals surface area contributed by atoms with E-state index in [1.165, 1.54) is 0 Å². The maximum Gasteiger partial charge on any atom is 0.251 e. The second kappa shape index (κ2) is 11.0. The Labute approximate surface area is 201 Å². The van der Waals surface area contributed by atoms with Gasteiger partial charge < -0.3 is 15.0 Å². The largest absolute Gasteiger partial charge is 0.490 e. The van der Waals surface area contributed by atoms with Crippen molar-refractivity contribution in [2.75, 3.05) is 13.1 Å². The molecule has 3 aromatic rings. The summed E-state index contributed by atoms with van der Waals surface area (Å²) in [5.41, 5.74) is 3.83. The number of likely N-dealkylation sites (tertiary alicyclic amines) is 1. The summed E-state index contributed by atoms with van der Waals surface area (Å²) < 4.78 is 6.32. The number of nitrogens with one attached hydrogen (secondary N) is 1. The molecule has 0 aliphatic carbocycles. The molecule has 1 saturated heterocycles. The van der Waals surface area contributed by atoms with E-state index in [2.05, 4.69) is 31.3 Å². The zero-order valence-electron chi connectivity index (χ0n) is 19.9. The normalized spacial score (nSPS) is 14.9. The van der Waals surface area contributed by atoms with Crippen LogP contribution in [0.25, 0.3) is 0 Å². The van der Waals surface area contributed by atoms with Gasteiger partial charge in [0.15, 0.2) is 0 Å². The van der Waals surface area contributed by atoms with Crippen LogP contribution in [0.5, 0.6) is 5.75 Å². The number of nitrogens with zero attached hydrogens (tertiary/aromatic N) is 1. The third-order valence-corrected chi connectivity index (χ3v) is 6.37. The third kappa shape index (κ3) is 5.84. The van der Waals surface area contributed by atoms with E-state index in [1.807, 2.05) is 59.5 Å². The van der Waals surface area contributed by atoms with Crippen molar-refractivity contribution >= 4 is 11.8 Å². The Kier molecular flexibility index (Phi) is 7.63. The smallest absolute Gasteiger partial charge is 0.251 e. The van der Waals surface area contributed by atoms with Crippen LogP contribution in [0, 0.1) is 13.8 Å². The lowest BCUT2D eigenvalue weighted by Crippen LogP contribution is -2.52. The number of amides is 2. The maximum atomic E-state index is 13.5. The van der Waals surface area contributed by atoms with Gasteiger partial charge in [-0.3, -0.25) is 9.59 Å². The quantitative estimate of drug-likeness (QED) is 0.560. The molecule has 1 aliphatic heterocycles. The number of hydrogen-bond donors (Lipinski definition) is 1. The predicted molar refractivity (Wildman–Crippen MR) is 134 cm³/mol. The highest BCUT2D eigenvalue weighted by molar-refractivity contribution is 5.97. The fourth-order valence-corrected chi connectivity index (χ4v) is 4.45. The number of benzene rings is 3. The van der Waals surface area contributed by atoms with Crippen molar-refractivity contribution < 1.29 is 14.3 Å². The zero-order valence-corrected chi connectivity index (χ0v) is 19.9. The molecular formula is C29H32N2O3. The molecule has 0 spiro atoms. The molecule has 2 amide bonds. The summed E-state index contributed by atoms with van der Waals surface area (Å²) in [5.74, 6) is 0.672. The number of aryl methyl sites for hydroxylation is 2. The highest BCUT2D eigenvalue weighted by Gasteiger charge is 2.30. The maximum absolute atomic E-state index is 13.5. The van der Waals surface area contributed by atoms with Crippen molar-refractivity contribution in [2.45, 2.75) is 45.3 Å². The molecule has 0 bridgehead atoms. The lowest BCUT2D eigenvalue weighted by Gasteiger charge is -2.35. The van der Waals surface area contributed by atoms with Gasteiger partial charge in [-0.1, -0.05) is 66.7 Å². The topological polar surface area (TPSA) is 58.6 Å². The molecule has 5 nitrogen and oxygen atoms in total. The Hall–Kier alpha value is -3.60. The fraction of sp³-hybridized carbons (Fsp3) is 0.310. The molecule has 1 N–H and O–H groups in total. The van der Waals surface area contributed by atoms with Gasteiger partial charge in [-0.2, -0.15) is 0 Å². The zero-order chi connectivity index (χ0) is 23.9. The summed E-state index contributed by atoms with van der Waals surface area (Å²) in [6.07, 6.45) is 2.07. The van der Waals surface area contributed by atoms with Crippen LogP contribution in [-0.2, 0) is 11.2 Å². The second-order valence-electron chi connectivity index (χ2n) is 8.95. The van der Waals surface area contributed by atoms with Crippen LogP contribution < -0.4 is 10.1 Å². The van der Waals surface area contributed by atoms with Gasteiger partial charge in [0.25, 0.3) is 5.91 Å². The number of piperidine rings is 1. The average Bonchev–Trinajstić information content (AvgIpc) is 2.87. The molecule has 1 unspecified atom stereocenters. The molecule has 1 fully saturated rings. The summed E-state index contributed by atoms with van der Waals surface area (Å²) in [4.78, 5) is 28.2. The second-order valence-corrected chi connectivity index (χ2v) is 8.95. The lowest BCUT2D eigenvalue weighted by atomic mass is 10.0. The third-order valence-electron chi connectivity index (χ3n) is 6.37. The SMILES string of the molecule is Cc1cccc(C)c1OC1CCN(C(=O)C(Cc2ccccc2)NC(=O)c2ccccc2)CC1. The fourth-order valence-electron chi connectivity index (χ4n) is 4.45. The first-order valence-electron chi connectivity index (χ1n) is 11.9. The van der Waals surface area contributed by atoms with Crippen LogP contribution >= 0.6 is 0 Å².